The fourth-order valence-electron chi connectivity index (χ4n) is 8.79. The Kier molecular flexibility index (Phi) is 9.39. The molecule has 0 radical (unpaired) electrons. The average Bonchev–Trinajstić information content (AvgIpc) is 3.73. The molecule has 3 heterocycles. The normalized spacial score (nSPS) is 11.9. The van der Waals surface area contributed by atoms with Gasteiger partial charge in [0, 0.05) is 37.3 Å². The Morgan fingerprint density at radius 3 is 1.56 bits per heavy atom. The second kappa shape index (κ2) is 16.0. The smallest absolute Gasteiger partial charge is 0.164 e. The first-order valence-corrected chi connectivity index (χ1v) is 22.2. The second-order valence-corrected chi connectivity index (χ2v) is 17.1. The molecular weight excluding hydrogens is 799 g/mol. The van der Waals surface area contributed by atoms with E-state index in [9.17, 15) is 0 Å². The summed E-state index contributed by atoms with van der Waals surface area (Å²) in [6, 6.07) is 74.5. The molecule has 0 atom stereocenters. The Hall–Kier alpha value is -8.12. The van der Waals surface area contributed by atoms with Gasteiger partial charge in [0.25, 0.3) is 0 Å². The minimum Gasteiger partial charge on any atom is -0.456 e. The van der Waals surface area contributed by atoms with Crippen LogP contribution in [0.3, 0.4) is 0 Å². The van der Waals surface area contributed by atoms with Crippen molar-refractivity contribution in [1.29, 1.82) is 0 Å². The van der Waals surface area contributed by atoms with Gasteiger partial charge in [0.2, 0.25) is 0 Å². The summed E-state index contributed by atoms with van der Waals surface area (Å²) < 4.78 is 6.57. The van der Waals surface area contributed by atoms with E-state index in [1.165, 1.54) is 16.0 Å². The number of furan rings is 1. The monoisotopic (exact) mass is 835 g/mol. The number of hydrogen-bond donors (Lipinski definition) is 0. The molecule has 0 bridgehead atoms. The van der Waals surface area contributed by atoms with E-state index in [4.69, 9.17) is 19.4 Å². The second-order valence-electron chi connectivity index (χ2n) is 16.0. The van der Waals surface area contributed by atoms with Gasteiger partial charge in [-0.3, -0.25) is 0 Å². The van der Waals surface area contributed by atoms with Gasteiger partial charge in [-0.05, 0) is 104 Å². The highest BCUT2D eigenvalue weighted by atomic mass is 32.2. The maximum Gasteiger partial charge on any atom is 0.164 e. The maximum atomic E-state index is 6.57. The van der Waals surface area contributed by atoms with Crippen molar-refractivity contribution in [3.63, 3.8) is 0 Å². The lowest BCUT2D eigenvalue weighted by Gasteiger charge is -2.16. The Bertz CT molecular complexity index is 3520. The van der Waals surface area contributed by atoms with E-state index in [-0.39, 0.29) is 0 Å². The molecule has 1 aliphatic heterocycles. The summed E-state index contributed by atoms with van der Waals surface area (Å²) in [6.45, 7) is 0. The molecular formula is C59H37N3OS. The molecule has 2 aromatic heterocycles. The summed E-state index contributed by atoms with van der Waals surface area (Å²) in [4.78, 5) is 18.1. The van der Waals surface area contributed by atoms with Gasteiger partial charge in [-0.1, -0.05) is 188 Å². The molecule has 0 fully saturated rings. The van der Waals surface area contributed by atoms with E-state index in [0.29, 0.717) is 17.5 Å². The molecule has 300 valence electrons. The standard InChI is InChI=1S/C59H37N3OS/c1-4-16-38(17-5-1)44-32-45(39-18-6-2-7-19-39)34-46(33-44)59-61-57(42-21-8-3-9-22-42)60-58(62-59)43-31-30-41-29-28-40-20-10-11-23-47(40)49-25-13-15-27-55(49)64-56-37-51-48-24-12-14-26-53(48)63-54(51)36-52(56)50(41)35-43/h1-37H. The minimum atomic E-state index is 0.589. The van der Waals surface area contributed by atoms with Crippen LogP contribution in [0.25, 0.3) is 113 Å². The number of rotatable bonds is 5. The van der Waals surface area contributed by atoms with Crippen LogP contribution < -0.4 is 0 Å². The van der Waals surface area contributed by atoms with Crippen molar-refractivity contribution >= 4 is 45.9 Å². The fourth-order valence-corrected chi connectivity index (χ4v) is 9.91. The minimum absolute atomic E-state index is 0.589. The van der Waals surface area contributed by atoms with Crippen LogP contribution in [0, 0.1) is 0 Å². The highest BCUT2D eigenvalue weighted by molar-refractivity contribution is 7.99. The molecule has 1 aliphatic rings. The average molecular weight is 836 g/mol. The van der Waals surface area contributed by atoms with Gasteiger partial charge in [-0.25, -0.2) is 15.0 Å². The molecule has 64 heavy (non-hydrogen) atoms. The first kappa shape index (κ1) is 37.6. The van der Waals surface area contributed by atoms with Crippen LogP contribution in [-0.2, 0) is 0 Å². The van der Waals surface area contributed by atoms with Gasteiger partial charge < -0.3 is 4.42 Å². The lowest BCUT2D eigenvalue weighted by molar-refractivity contribution is 0.669. The number of benzene rings is 9. The van der Waals surface area contributed by atoms with Crippen molar-refractivity contribution in [3.05, 3.63) is 223 Å². The lowest BCUT2D eigenvalue weighted by atomic mass is 9.94. The molecule has 4 nitrogen and oxygen atoms in total. The van der Waals surface area contributed by atoms with Gasteiger partial charge >= 0.3 is 0 Å². The number of fused-ring (bicyclic) bond motifs is 9. The van der Waals surface area contributed by atoms with Gasteiger partial charge in [0.05, 0.1) is 0 Å². The van der Waals surface area contributed by atoms with E-state index < -0.39 is 0 Å². The van der Waals surface area contributed by atoms with Crippen LogP contribution in [0.5, 0.6) is 0 Å². The zero-order chi connectivity index (χ0) is 42.4. The number of nitrogens with zero attached hydrogens (tertiary/aromatic N) is 3. The van der Waals surface area contributed by atoms with Gasteiger partial charge in [-0.15, -0.1) is 0 Å². The van der Waals surface area contributed by atoms with Crippen molar-refractivity contribution < 1.29 is 4.42 Å². The Balaban J connectivity index is 1.09. The molecule has 12 rings (SSSR count). The van der Waals surface area contributed by atoms with Crippen LogP contribution in [0.1, 0.15) is 11.1 Å². The third-order valence-electron chi connectivity index (χ3n) is 12.0. The molecule has 0 saturated heterocycles. The highest BCUT2D eigenvalue weighted by Crippen LogP contribution is 2.47. The Morgan fingerprint density at radius 1 is 0.297 bits per heavy atom. The van der Waals surface area contributed by atoms with E-state index in [0.717, 1.165) is 88.0 Å². The summed E-state index contributed by atoms with van der Waals surface area (Å²) >= 11 is 1.79. The maximum absolute atomic E-state index is 6.57. The van der Waals surface area contributed by atoms with E-state index >= 15 is 0 Å². The van der Waals surface area contributed by atoms with E-state index in [2.05, 4.69) is 182 Å². The van der Waals surface area contributed by atoms with Gasteiger partial charge in [0.1, 0.15) is 11.2 Å². The molecule has 0 spiro atoms. The van der Waals surface area contributed by atoms with Crippen molar-refractivity contribution in [2.75, 3.05) is 0 Å². The molecule has 5 heteroatoms. The lowest BCUT2D eigenvalue weighted by Crippen LogP contribution is -2.01. The van der Waals surface area contributed by atoms with Gasteiger partial charge in [-0.2, -0.15) is 0 Å². The molecule has 0 unspecified atom stereocenters. The summed E-state index contributed by atoms with van der Waals surface area (Å²) in [7, 11) is 0. The predicted octanol–water partition coefficient (Wildman–Crippen LogP) is 16.1. The topological polar surface area (TPSA) is 51.8 Å². The molecule has 0 aliphatic carbocycles. The summed E-state index contributed by atoms with van der Waals surface area (Å²) in [5, 5.41) is 2.19. The van der Waals surface area contributed by atoms with Crippen molar-refractivity contribution in [3.8, 4) is 78.7 Å². The number of hydrogen-bond acceptors (Lipinski definition) is 5. The molecule has 9 aromatic carbocycles. The first-order chi connectivity index (χ1) is 31.7. The summed E-state index contributed by atoms with van der Waals surface area (Å²) in [5.74, 6) is 1.80. The Labute approximate surface area is 375 Å². The SMILES string of the molecule is C1=Cc2ccc(-c3nc(-c4ccccc4)nc(-c4cc(-c5ccccc5)cc(-c5ccccc5)c4)n3)cc2-c2cc3oc4ccccc4c3cc2Sc2ccccc2-c2ccccc21. The van der Waals surface area contributed by atoms with Crippen molar-refractivity contribution in [2.45, 2.75) is 9.79 Å². The summed E-state index contributed by atoms with van der Waals surface area (Å²) in [6.07, 6.45) is 4.47. The quantitative estimate of drug-likeness (QED) is 0.173. The largest absolute Gasteiger partial charge is 0.456 e. The van der Waals surface area contributed by atoms with Crippen LogP contribution >= 0.6 is 11.8 Å². The number of aromatic nitrogens is 3. The third-order valence-corrected chi connectivity index (χ3v) is 13.1. The van der Waals surface area contributed by atoms with E-state index in [1.54, 1.807) is 11.8 Å². The third kappa shape index (κ3) is 6.98. The highest BCUT2D eigenvalue weighted by Gasteiger charge is 2.21. The first-order valence-electron chi connectivity index (χ1n) is 21.4. The van der Waals surface area contributed by atoms with Crippen LogP contribution in [0.4, 0.5) is 0 Å². The van der Waals surface area contributed by atoms with Crippen LogP contribution in [0.2, 0.25) is 0 Å². The van der Waals surface area contributed by atoms with Crippen LogP contribution in [-0.4, -0.2) is 15.0 Å². The van der Waals surface area contributed by atoms with Crippen molar-refractivity contribution in [1.82, 2.24) is 15.0 Å². The Morgan fingerprint density at radius 2 is 0.844 bits per heavy atom. The zero-order valence-electron chi connectivity index (χ0n) is 34.5. The van der Waals surface area contributed by atoms with Crippen LogP contribution in [0.15, 0.2) is 227 Å². The summed E-state index contributed by atoms with van der Waals surface area (Å²) in [5.41, 5.74) is 15.6. The fraction of sp³-hybridized carbons (Fsp3) is 0. The zero-order valence-corrected chi connectivity index (χ0v) is 35.3. The van der Waals surface area contributed by atoms with Crippen molar-refractivity contribution in [2.24, 2.45) is 0 Å². The molecule has 0 amide bonds. The van der Waals surface area contributed by atoms with E-state index in [1.807, 2.05) is 42.5 Å². The predicted molar refractivity (Wildman–Crippen MR) is 265 cm³/mol. The number of para-hydroxylation sites is 1. The molecule has 0 N–H and O–H groups in total. The molecule has 0 saturated carbocycles. The van der Waals surface area contributed by atoms with Gasteiger partial charge in [0.15, 0.2) is 17.5 Å². The molecule has 11 aromatic rings.